The quantitative estimate of drug-likeness (QED) is 0.581. The highest BCUT2D eigenvalue weighted by Crippen LogP contribution is 2.22. The first-order chi connectivity index (χ1) is 9.36. The highest BCUT2D eigenvalue weighted by Gasteiger charge is 2.17. The third-order valence-electron chi connectivity index (χ3n) is 5.15. The number of hydrogen-bond donors (Lipinski definition) is 1. The van der Waals surface area contributed by atoms with E-state index in [2.05, 4.69) is 17.1 Å². The zero-order valence-electron chi connectivity index (χ0n) is 13.0. The van der Waals surface area contributed by atoms with Crippen LogP contribution in [0.25, 0.3) is 0 Å². The summed E-state index contributed by atoms with van der Waals surface area (Å²) in [5.41, 5.74) is 0. The van der Waals surface area contributed by atoms with E-state index in [0.717, 1.165) is 12.0 Å². The van der Waals surface area contributed by atoms with Crippen LogP contribution in [0.5, 0.6) is 0 Å². The molecule has 112 valence electrons. The number of rotatable bonds is 6. The Bertz CT molecular complexity index is 221. The highest BCUT2D eigenvalue weighted by molar-refractivity contribution is 4.73. The molecule has 0 bridgehead atoms. The molecule has 1 atom stereocenters. The summed E-state index contributed by atoms with van der Waals surface area (Å²) in [5, 5.41) is 3.71. The lowest BCUT2D eigenvalue weighted by molar-refractivity contribution is 0.158. The van der Waals surface area contributed by atoms with Gasteiger partial charge in [0, 0.05) is 6.04 Å². The van der Waals surface area contributed by atoms with Gasteiger partial charge in [0.05, 0.1) is 0 Å². The van der Waals surface area contributed by atoms with Gasteiger partial charge in [-0.25, -0.2) is 0 Å². The first-order valence-electron chi connectivity index (χ1n) is 8.81. The zero-order valence-corrected chi connectivity index (χ0v) is 13.0. The molecule has 0 amide bonds. The summed E-state index contributed by atoms with van der Waals surface area (Å²) in [6.07, 6.45) is 14.4. The Morgan fingerprint density at radius 2 is 1.68 bits per heavy atom. The maximum atomic E-state index is 3.71. The summed E-state index contributed by atoms with van der Waals surface area (Å²) in [6, 6.07) is 0.829. The van der Waals surface area contributed by atoms with Crippen molar-refractivity contribution in [1.29, 1.82) is 0 Å². The summed E-state index contributed by atoms with van der Waals surface area (Å²) in [7, 11) is 0. The Morgan fingerprint density at radius 3 is 2.42 bits per heavy atom. The molecular weight excluding hydrogens is 232 g/mol. The Morgan fingerprint density at radius 1 is 0.947 bits per heavy atom. The van der Waals surface area contributed by atoms with Crippen molar-refractivity contribution in [2.45, 2.75) is 77.2 Å². The van der Waals surface area contributed by atoms with Crippen LogP contribution in [0.4, 0.5) is 0 Å². The van der Waals surface area contributed by atoms with Crippen LogP contribution in [0.3, 0.4) is 0 Å². The van der Waals surface area contributed by atoms with E-state index in [-0.39, 0.29) is 0 Å². The van der Waals surface area contributed by atoms with Crippen molar-refractivity contribution in [2.24, 2.45) is 5.92 Å². The van der Waals surface area contributed by atoms with Crippen LogP contribution < -0.4 is 5.32 Å². The average molecular weight is 266 g/mol. The van der Waals surface area contributed by atoms with E-state index in [4.69, 9.17) is 0 Å². The van der Waals surface area contributed by atoms with Crippen LogP contribution in [-0.2, 0) is 0 Å². The van der Waals surface area contributed by atoms with E-state index in [9.17, 15) is 0 Å². The first kappa shape index (κ1) is 15.3. The van der Waals surface area contributed by atoms with Crippen LogP contribution in [0.15, 0.2) is 0 Å². The minimum Gasteiger partial charge on any atom is -0.316 e. The molecular formula is C17H34N2. The fourth-order valence-electron chi connectivity index (χ4n) is 3.77. The van der Waals surface area contributed by atoms with Crippen LogP contribution in [0.1, 0.15) is 71.1 Å². The second kappa shape index (κ2) is 8.97. The molecule has 0 radical (unpaired) electrons. The third kappa shape index (κ3) is 5.83. The SMILES string of the molecule is CC1CCCCN1CCCNCC1CCCCCC1. The summed E-state index contributed by atoms with van der Waals surface area (Å²) in [6.45, 7) is 7.54. The maximum Gasteiger partial charge on any atom is 0.00669 e. The fraction of sp³-hybridized carbons (Fsp3) is 1.00. The zero-order chi connectivity index (χ0) is 13.3. The van der Waals surface area contributed by atoms with Gasteiger partial charge in [0.15, 0.2) is 0 Å². The first-order valence-corrected chi connectivity index (χ1v) is 8.81. The molecule has 2 aliphatic rings. The molecule has 0 aromatic heterocycles. The van der Waals surface area contributed by atoms with Gasteiger partial charge in [0.25, 0.3) is 0 Å². The Kier molecular flexibility index (Phi) is 7.23. The van der Waals surface area contributed by atoms with Crippen molar-refractivity contribution in [3.63, 3.8) is 0 Å². The van der Waals surface area contributed by atoms with Crippen molar-refractivity contribution in [2.75, 3.05) is 26.2 Å². The molecule has 2 fully saturated rings. The van der Waals surface area contributed by atoms with Crippen molar-refractivity contribution in [3.05, 3.63) is 0 Å². The number of likely N-dealkylation sites (tertiary alicyclic amines) is 1. The minimum atomic E-state index is 0.829. The molecule has 1 heterocycles. The molecule has 2 rings (SSSR count). The second-order valence-electron chi connectivity index (χ2n) is 6.80. The van der Waals surface area contributed by atoms with E-state index >= 15 is 0 Å². The fourth-order valence-corrected chi connectivity index (χ4v) is 3.77. The van der Waals surface area contributed by atoms with Gasteiger partial charge in [-0.3, -0.25) is 0 Å². The van der Waals surface area contributed by atoms with Gasteiger partial charge in [-0.15, -0.1) is 0 Å². The molecule has 1 saturated heterocycles. The Labute approximate surface area is 120 Å². The van der Waals surface area contributed by atoms with E-state index in [1.54, 1.807) is 0 Å². The summed E-state index contributed by atoms with van der Waals surface area (Å²) in [5.74, 6) is 0.969. The van der Waals surface area contributed by atoms with E-state index < -0.39 is 0 Å². The normalized spacial score (nSPS) is 27.3. The number of piperidine rings is 1. The summed E-state index contributed by atoms with van der Waals surface area (Å²) in [4.78, 5) is 2.69. The van der Waals surface area contributed by atoms with Gasteiger partial charge in [-0.05, 0) is 71.1 Å². The van der Waals surface area contributed by atoms with Crippen LogP contribution in [0.2, 0.25) is 0 Å². The lowest BCUT2D eigenvalue weighted by Crippen LogP contribution is -2.39. The second-order valence-corrected chi connectivity index (χ2v) is 6.80. The van der Waals surface area contributed by atoms with Crippen LogP contribution in [0, 0.1) is 5.92 Å². The monoisotopic (exact) mass is 266 g/mol. The molecule has 0 aromatic rings. The van der Waals surface area contributed by atoms with Gasteiger partial charge in [0.1, 0.15) is 0 Å². The third-order valence-corrected chi connectivity index (χ3v) is 5.15. The Balaban J connectivity index is 1.49. The average Bonchev–Trinajstić information content (AvgIpc) is 2.69. The number of nitrogens with zero attached hydrogens (tertiary/aromatic N) is 1. The molecule has 1 saturated carbocycles. The van der Waals surface area contributed by atoms with Gasteiger partial charge < -0.3 is 10.2 Å². The molecule has 1 N–H and O–H groups in total. The molecule has 2 nitrogen and oxygen atoms in total. The standard InChI is InChI=1S/C17H34N2/c1-16-9-6-7-13-19(16)14-8-12-18-15-17-10-4-2-3-5-11-17/h16-18H,2-15H2,1H3. The van der Waals surface area contributed by atoms with Gasteiger partial charge in [-0.2, -0.15) is 0 Å². The predicted octanol–water partition coefficient (Wildman–Crippen LogP) is 3.81. The lowest BCUT2D eigenvalue weighted by Gasteiger charge is -2.33. The van der Waals surface area contributed by atoms with E-state index in [0.29, 0.717) is 0 Å². The summed E-state index contributed by atoms with van der Waals surface area (Å²) >= 11 is 0. The molecule has 2 heteroatoms. The molecule has 0 aromatic carbocycles. The van der Waals surface area contributed by atoms with Gasteiger partial charge in [0.2, 0.25) is 0 Å². The van der Waals surface area contributed by atoms with Crippen molar-refractivity contribution >= 4 is 0 Å². The predicted molar refractivity (Wildman–Crippen MR) is 83.6 cm³/mol. The maximum absolute atomic E-state index is 3.71. The topological polar surface area (TPSA) is 15.3 Å². The molecule has 1 unspecified atom stereocenters. The van der Waals surface area contributed by atoms with E-state index in [1.165, 1.54) is 90.4 Å². The molecule has 1 aliphatic carbocycles. The van der Waals surface area contributed by atoms with E-state index in [1.807, 2.05) is 0 Å². The smallest absolute Gasteiger partial charge is 0.00669 e. The molecule has 19 heavy (non-hydrogen) atoms. The van der Waals surface area contributed by atoms with Crippen molar-refractivity contribution in [1.82, 2.24) is 10.2 Å². The highest BCUT2D eigenvalue weighted by atomic mass is 15.2. The molecule has 0 spiro atoms. The van der Waals surface area contributed by atoms with Crippen molar-refractivity contribution in [3.8, 4) is 0 Å². The molecule has 1 aliphatic heterocycles. The Hall–Kier alpha value is -0.0800. The minimum absolute atomic E-state index is 0.829. The number of nitrogens with one attached hydrogen (secondary N) is 1. The summed E-state index contributed by atoms with van der Waals surface area (Å²) < 4.78 is 0. The lowest BCUT2D eigenvalue weighted by atomic mass is 10.0. The van der Waals surface area contributed by atoms with Gasteiger partial charge >= 0.3 is 0 Å². The van der Waals surface area contributed by atoms with Crippen LogP contribution >= 0.6 is 0 Å². The van der Waals surface area contributed by atoms with Crippen LogP contribution in [-0.4, -0.2) is 37.1 Å². The van der Waals surface area contributed by atoms with Crippen molar-refractivity contribution < 1.29 is 0 Å². The van der Waals surface area contributed by atoms with Gasteiger partial charge in [-0.1, -0.05) is 32.1 Å². The largest absolute Gasteiger partial charge is 0.316 e. The number of hydrogen-bond acceptors (Lipinski definition) is 2.